The summed E-state index contributed by atoms with van der Waals surface area (Å²) in [6.07, 6.45) is -0.590. The zero-order chi connectivity index (χ0) is 24.1. The minimum Gasteiger partial charge on any atom is -0.507 e. The summed E-state index contributed by atoms with van der Waals surface area (Å²) < 4.78 is 30.1. The number of rotatable bonds is 4. The van der Waals surface area contributed by atoms with Crippen molar-refractivity contribution < 1.29 is 34.9 Å². The monoisotopic (exact) mass is 482 g/mol. The van der Waals surface area contributed by atoms with E-state index in [9.17, 15) is 29.4 Å². The summed E-state index contributed by atoms with van der Waals surface area (Å²) in [6.45, 7) is 0.823. The standard InChI is InChI=1S/C21H21ClNO8P/c1-23-7-6-12(16(26)10-23)19-18(31-32(27,28)29)9-15(25)20-14(24)8-17(30-21(19)20)11-4-2-3-5-13(11)22/h2-5,8-9,12,16,25-26H,6-7,10H2,1H3,(H2,27,28,29)/t12-,16+/m0/s1/i3D. The van der Waals surface area contributed by atoms with E-state index in [1.165, 1.54) is 18.2 Å². The van der Waals surface area contributed by atoms with Crippen molar-refractivity contribution in [2.45, 2.75) is 18.4 Å². The number of hydrogen-bond donors (Lipinski definition) is 4. The number of nitrogens with zero attached hydrogens (tertiary/aromatic N) is 1. The molecule has 1 aromatic heterocycles. The van der Waals surface area contributed by atoms with E-state index in [0.29, 0.717) is 18.5 Å². The van der Waals surface area contributed by atoms with Gasteiger partial charge in [-0.1, -0.05) is 23.7 Å². The molecule has 4 N–H and O–H groups in total. The Bertz CT molecular complexity index is 1340. The largest absolute Gasteiger partial charge is 0.524 e. The van der Waals surface area contributed by atoms with Crippen LogP contribution >= 0.6 is 19.4 Å². The Hall–Kier alpha value is -2.39. The molecular formula is C21H21ClNO8P. The van der Waals surface area contributed by atoms with Crippen LogP contribution in [-0.4, -0.2) is 51.1 Å². The second-order valence-corrected chi connectivity index (χ2v) is 9.27. The van der Waals surface area contributed by atoms with Gasteiger partial charge in [0.25, 0.3) is 0 Å². The fourth-order valence-electron chi connectivity index (χ4n) is 4.04. The summed E-state index contributed by atoms with van der Waals surface area (Å²) in [6, 6.07) is 6.54. The van der Waals surface area contributed by atoms with E-state index >= 15 is 0 Å². The Morgan fingerprint density at radius 2 is 2.09 bits per heavy atom. The molecule has 0 amide bonds. The van der Waals surface area contributed by atoms with Gasteiger partial charge in [-0.15, -0.1) is 0 Å². The van der Waals surface area contributed by atoms with Crippen molar-refractivity contribution in [2.75, 3.05) is 20.1 Å². The molecule has 32 heavy (non-hydrogen) atoms. The number of phenols is 1. The number of phosphoric ester groups is 1. The molecule has 1 aliphatic rings. The molecule has 0 saturated carbocycles. The van der Waals surface area contributed by atoms with E-state index < -0.39 is 36.8 Å². The van der Waals surface area contributed by atoms with Crippen LogP contribution in [0.4, 0.5) is 0 Å². The Kier molecular flexibility index (Phi) is 5.71. The lowest BCUT2D eigenvalue weighted by Crippen LogP contribution is -2.40. The molecule has 0 spiro atoms. The minimum absolute atomic E-state index is 0.0221. The maximum absolute atomic E-state index is 13.0. The van der Waals surface area contributed by atoms with Gasteiger partial charge in [-0.2, -0.15) is 0 Å². The third kappa shape index (κ3) is 4.41. The molecule has 3 aromatic rings. The van der Waals surface area contributed by atoms with Crippen molar-refractivity contribution in [3.63, 3.8) is 0 Å². The number of aliphatic hydroxyl groups excluding tert-OH is 1. The number of aliphatic hydroxyl groups is 1. The van der Waals surface area contributed by atoms with Crippen LogP contribution in [0.25, 0.3) is 22.3 Å². The highest BCUT2D eigenvalue weighted by Crippen LogP contribution is 2.48. The molecule has 0 aliphatic carbocycles. The molecule has 170 valence electrons. The first-order valence-corrected chi connectivity index (χ1v) is 11.6. The number of hydrogen-bond acceptors (Lipinski definition) is 7. The Labute approximate surface area is 189 Å². The number of aromatic hydroxyl groups is 1. The fraction of sp³-hybridized carbons (Fsp3) is 0.286. The van der Waals surface area contributed by atoms with Gasteiger partial charge in [0.1, 0.15) is 28.2 Å². The van der Waals surface area contributed by atoms with Crippen LogP contribution in [0.1, 0.15) is 19.3 Å². The van der Waals surface area contributed by atoms with Crippen LogP contribution in [0.3, 0.4) is 0 Å². The molecule has 1 saturated heterocycles. The predicted octanol–water partition coefficient (Wildman–Crippen LogP) is 3.07. The summed E-state index contributed by atoms with van der Waals surface area (Å²) >= 11 is 6.24. The second kappa shape index (κ2) is 8.51. The van der Waals surface area contributed by atoms with Crippen molar-refractivity contribution in [1.82, 2.24) is 4.90 Å². The summed E-state index contributed by atoms with van der Waals surface area (Å²) in [4.78, 5) is 33.7. The number of phosphoric acid groups is 1. The van der Waals surface area contributed by atoms with Crippen molar-refractivity contribution in [3.8, 4) is 22.8 Å². The topological polar surface area (TPSA) is 141 Å². The quantitative estimate of drug-likeness (QED) is 0.413. The van der Waals surface area contributed by atoms with Crippen LogP contribution in [0.2, 0.25) is 5.02 Å². The highest BCUT2D eigenvalue weighted by Gasteiger charge is 2.35. The fourth-order valence-corrected chi connectivity index (χ4v) is 4.66. The summed E-state index contributed by atoms with van der Waals surface area (Å²) in [5.41, 5.74) is -0.414. The molecule has 1 aliphatic heterocycles. The number of benzene rings is 2. The first-order chi connectivity index (χ1) is 15.4. The van der Waals surface area contributed by atoms with Gasteiger partial charge in [0.2, 0.25) is 0 Å². The van der Waals surface area contributed by atoms with Gasteiger partial charge in [0, 0.05) is 35.7 Å². The smallest absolute Gasteiger partial charge is 0.507 e. The van der Waals surface area contributed by atoms with Crippen molar-refractivity contribution in [2.24, 2.45) is 0 Å². The minimum atomic E-state index is -5.06. The van der Waals surface area contributed by atoms with Gasteiger partial charge >= 0.3 is 7.82 Å². The Morgan fingerprint density at radius 1 is 1.34 bits per heavy atom. The molecule has 2 aromatic carbocycles. The number of likely N-dealkylation sites (tertiary alicyclic amines) is 1. The first kappa shape index (κ1) is 21.5. The van der Waals surface area contributed by atoms with Crippen molar-refractivity contribution >= 4 is 30.4 Å². The van der Waals surface area contributed by atoms with E-state index in [2.05, 4.69) is 0 Å². The number of halogens is 1. The van der Waals surface area contributed by atoms with E-state index in [1.807, 2.05) is 11.9 Å². The molecule has 9 nitrogen and oxygen atoms in total. The lowest BCUT2D eigenvalue weighted by molar-refractivity contribution is 0.0632. The van der Waals surface area contributed by atoms with E-state index in [4.69, 9.17) is 21.9 Å². The van der Waals surface area contributed by atoms with Gasteiger partial charge in [-0.3, -0.25) is 14.6 Å². The number of β-amino-alcohol motifs (C(OH)–C–C–N with tert-alkyl or cyclic N) is 1. The zero-order valence-corrected chi connectivity index (χ0v) is 18.5. The third-order valence-corrected chi connectivity index (χ3v) is 6.18. The molecule has 2 heterocycles. The molecule has 11 heteroatoms. The Morgan fingerprint density at radius 3 is 2.75 bits per heavy atom. The molecule has 0 radical (unpaired) electrons. The summed E-state index contributed by atoms with van der Waals surface area (Å²) in [5.74, 6) is -1.66. The second-order valence-electron chi connectivity index (χ2n) is 7.70. The van der Waals surface area contributed by atoms with E-state index in [-0.39, 0.29) is 39.9 Å². The maximum atomic E-state index is 13.0. The first-order valence-electron chi connectivity index (χ1n) is 10.2. The van der Waals surface area contributed by atoms with Crippen molar-refractivity contribution in [3.05, 3.63) is 57.2 Å². The molecule has 4 rings (SSSR count). The molecule has 0 unspecified atom stereocenters. The van der Waals surface area contributed by atoms with Gasteiger partial charge in [-0.25, -0.2) is 4.57 Å². The third-order valence-electron chi connectivity index (χ3n) is 5.43. The summed E-state index contributed by atoms with van der Waals surface area (Å²) in [7, 11) is -3.24. The number of phenolic OH excluding ortho intramolecular Hbond substituents is 1. The normalized spacial score (nSPS) is 20.3. The van der Waals surface area contributed by atoms with Gasteiger partial charge in [0.05, 0.1) is 12.5 Å². The van der Waals surface area contributed by atoms with Crippen LogP contribution in [0.5, 0.6) is 11.5 Å². The molecule has 1 fully saturated rings. The average Bonchev–Trinajstić information content (AvgIpc) is 2.67. The zero-order valence-electron chi connectivity index (χ0n) is 17.9. The van der Waals surface area contributed by atoms with Gasteiger partial charge in [-0.05, 0) is 32.1 Å². The average molecular weight is 483 g/mol. The number of fused-ring (bicyclic) bond motifs is 1. The van der Waals surface area contributed by atoms with Crippen molar-refractivity contribution in [1.29, 1.82) is 0 Å². The summed E-state index contributed by atoms with van der Waals surface area (Å²) in [5, 5.41) is 21.2. The number of likely N-dealkylation sites (N-methyl/N-ethyl adjacent to an activating group) is 1. The predicted molar refractivity (Wildman–Crippen MR) is 118 cm³/mol. The van der Waals surface area contributed by atoms with Crippen LogP contribution < -0.4 is 9.95 Å². The maximum Gasteiger partial charge on any atom is 0.524 e. The highest BCUT2D eigenvalue weighted by atomic mass is 35.5. The van der Waals surface area contributed by atoms with Crippen LogP contribution in [-0.2, 0) is 4.57 Å². The highest BCUT2D eigenvalue weighted by molar-refractivity contribution is 7.46. The van der Waals surface area contributed by atoms with E-state index in [1.54, 1.807) is 0 Å². The lowest BCUT2D eigenvalue weighted by Gasteiger charge is -2.34. The molecule has 0 bridgehead atoms. The van der Waals surface area contributed by atoms with Gasteiger partial charge in [0.15, 0.2) is 5.43 Å². The molecule has 2 atom stereocenters. The SMILES string of the molecule is [2H]c1ccc(-c2cc(=O)c3c(O)cc(OP(=O)(O)O)c([C@H]4CCN(C)C[C@H]4O)c3o2)c(Cl)c1. The van der Waals surface area contributed by atoms with Gasteiger partial charge < -0.3 is 24.1 Å². The van der Waals surface area contributed by atoms with Crippen LogP contribution in [0.15, 0.2) is 45.6 Å². The van der Waals surface area contributed by atoms with Crippen LogP contribution in [0, 0.1) is 0 Å². The van der Waals surface area contributed by atoms with E-state index in [0.717, 1.165) is 12.1 Å². The molecular weight excluding hydrogens is 461 g/mol. The number of piperidine rings is 1. The Balaban J connectivity index is 2.04. The lowest BCUT2D eigenvalue weighted by atomic mass is 9.85.